The Kier molecular flexibility index (Phi) is 9.81. The number of ether oxygens (including phenoxy) is 3. The lowest BCUT2D eigenvalue weighted by atomic mass is 9.90. The van der Waals surface area contributed by atoms with Gasteiger partial charge in [-0.15, -0.1) is 0 Å². The van der Waals surface area contributed by atoms with E-state index in [0.29, 0.717) is 25.4 Å². The summed E-state index contributed by atoms with van der Waals surface area (Å²) in [5.74, 6) is -0.487. The second kappa shape index (κ2) is 11.3. The Morgan fingerprint density at radius 1 is 1.10 bits per heavy atom. The molecule has 1 atom stereocenters. The highest BCUT2D eigenvalue weighted by molar-refractivity contribution is 5.86. The van der Waals surface area contributed by atoms with Crippen molar-refractivity contribution >= 4 is 12.0 Å². The molecule has 0 spiro atoms. The molecule has 0 bridgehead atoms. The highest BCUT2D eigenvalue weighted by Gasteiger charge is 2.32. The summed E-state index contributed by atoms with van der Waals surface area (Å²) in [6.45, 7) is 21.5. The van der Waals surface area contributed by atoms with E-state index in [2.05, 4.69) is 33.9 Å². The van der Waals surface area contributed by atoms with Crippen molar-refractivity contribution in [2.24, 2.45) is 11.3 Å². The number of hydrogen-bond acceptors (Lipinski definition) is 4. The monoisotopic (exact) mass is 402 g/mol. The Balaban J connectivity index is 2.70. The summed E-state index contributed by atoms with van der Waals surface area (Å²) in [5, 5.41) is 0. The van der Waals surface area contributed by atoms with Gasteiger partial charge in [0.25, 0.3) is 0 Å². The van der Waals surface area contributed by atoms with Crippen molar-refractivity contribution in [3.8, 4) is 0 Å². The average molecular weight is 403 g/mol. The maximum atomic E-state index is 11.9. The van der Waals surface area contributed by atoms with E-state index in [-0.39, 0.29) is 23.9 Å². The normalized spacial score (nSPS) is 13.0. The Bertz CT molecular complexity index is 665. The highest BCUT2D eigenvalue weighted by atomic mass is 16.5. The molecule has 0 aliphatic heterocycles. The van der Waals surface area contributed by atoms with Gasteiger partial charge >= 0.3 is 5.97 Å². The van der Waals surface area contributed by atoms with Gasteiger partial charge in [-0.2, -0.15) is 0 Å². The van der Waals surface area contributed by atoms with Gasteiger partial charge in [0.1, 0.15) is 0 Å². The average Bonchev–Trinajstić information content (AvgIpc) is 2.63. The number of esters is 1. The second-order valence-corrected chi connectivity index (χ2v) is 9.30. The predicted molar refractivity (Wildman–Crippen MR) is 120 cm³/mol. The first-order valence-corrected chi connectivity index (χ1v) is 10.2. The summed E-state index contributed by atoms with van der Waals surface area (Å²) >= 11 is 0. The van der Waals surface area contributed by atoms with E-state index in [1.165, 1.54) is 0 Å². The maximum Gasteiger partial charge on any atom is 0.333 e. The molecule has 0 aliphatic rings. The van der Waals surface area contributed by atoms with E-state index >= 15 is 0 Å². The molecular formula is C25H38O4. The predicted octanol–water partition coefficient (Wildman–Crippen LogP) is 5.81. The second-order valence-electron chi connectivity index (χ2n) is 9.30. The third-order valence-electron chi connectivity index (χ3n) is 4.88. The van der Waals surface area contributed by atoms with Gasteiger partial charge in [0.05, 0.1) is 25.4 Å². The zero-order valence-corrected chi connectivity index (χ0v) is 19.0. The molecular weight excluding hydrogens is 364 g/mol. The molecule has 0 radical (unpaired) electrons. The third kappa shape index (κ3) is 9.91. The van der Waals surface area contributed by atoms with Crippen molar-refractivity contribution in [1.29, 1.82) is 0 Å². The molecule has 0 amide bonds. The lowest BCUT2D eigenvalue weighted by Crippen LogP contribution is -2.41. The smallest absolute Gasteiger partial charge is 0.333 e. The Morgan fingerprint density at radius 2 is 1.72 bits per heavy atom. The van der Waals surface area contributed by atoms with Crippen molar-refractivity contribution in [3.05, 3.63) is 54.1 Å². The summed E-state index contributed by atoms with van der Waals surface area (Å²) in [5.41, 5.74) is 2.25. The number of rotatable bonds is 12. The van der Waals surface area contributed by atoms with Gasteiger partial charge in [-0.05, 0) is 43.7 Å². The van der Waals surface area contributed by atoms with Crippen LogP contribution in [-0.4, -0.2) is 31.4 Å². The number of hydrogen-bond donors (Lipinski definition) is 0. The van der Waals surface area contributed by atoms with Crippen molar-refractivity contribution in [1.82, 2.24) is 0 Å². The van der Waals surface area contributed by atoms with Crippen LogP contribution in [0, 0.1) is 11.3 Å². The SMILES string of the molecule is C=Cc1ccc(COCC(COC(=O)C(=C)C)C(C)(C)OCCC(C)(C)C)cc1. The van der Waals surface area contributed by atoms with Crippen molar-refractivity contribution < 1.29 is 19.0 Å². The fourth-order valence-electron chi connectivity index (χ4n) is 2.56. The number of carbonyl (C=O) groups is 1. The Labute approximate surface area is 176 Å². The first-order valence-electron chi connectivity index (χ1n) is 10.2. The van der Waals surface area contributed by atoms with E-state index in [9.17, 15) is 4.79 Å². The van der Waals surface area contributed by atoms with Crippen LogP contribution in [0.3, 0.4) is 0 Å². The zero-order chi connectivity index (χ0) is 22.1. The Hall–Kier alpha value is -1.91. The minimum absolute atomic E-state index is 0.0989. The summed E-state index contributed by atoms with van der Waals surface area (Å²) in [6, 6.07) is 8.07. The van der Waals surface area contributed by atoms with E-state index in [1.54, 1.807) is 6.92 Å². The molecule has 1 rings (SSSR count). The van der Waals surface area contributed by atoms with Gasteiger partial charge < -0.3 is 14.2 Å². The first-order chi connectivity index (χ1) is 13.4. The van der Waals surface area contributed by atoms with Gasteiger partial charge in [-0.25, -0.2) is 4.79 Å². The van der Waals surface area contributed by atoms with Gasteiger partial charge in [0, 0.05) is 18.1 Å². The maximum absolute atomic E-state index is 11.9. The lowest BCUT2D eigenvalue weighted by Gasteiger charge is -2.35. The third-order valence-corrected chi connectivity index (χ3v) is 4.88. The van der Waals surface area contributed by atoms with Crippen molar-refractivity contribution in [2.45, 2.75) is 60.2 Å². The fourth-order valence-corrected chi connectivity index (χ4v) is 2.56. The van der Waals surface area contributed by atoms with Crippen LogP contribution in [0.5, 0.6) is 0 Å². The molecule has 4 heteroatoms. The largest absolute Gasteiger partial charge is 0.462 e. The molecule has 0 aromatic heterocycles. The molecule has 1 aromatic rings. The van der Waals surface area contributed by atoms with E-state index in [1.807, 2.05) is 44.2 Å². The quantitative estimate of drug-likeness (QED) is 0.327. The molecule has 1 aromatic carbocycles. The highest BCUT2D eigenvalue weighted by Crippen LogP contribution is 2.26. The van der Waals surface area contributed by atoms with E-state index < -0.39 is 5.60 Å². The molecule has 162 valence electrons. The first kappa shape index (κ1) is 25.1. The van der Waals surface area contributed by atoms with Crippen LogP contribution >= 0.6 is 0 Å². The molecule has 0 heterocycles. The fraction of sp³-hybridized carbons (Fsp3) is 0.560. The molecule has 1 unspecified atom stereocenters. The molecule has 29 heavy (non-hydrogen) atoms. The summed E-state index contributed by atoms with van der Waals surface area (Å²) in [4.78, 5) is 11.9. The van der Waals surface area contributed by atoms with Gasteiger partial charge in [0.2, 0.25) is 0 Å². The molecule has 0 saturated heterocycles. The summed E-state index contributed by atoms with van der Waals surface area (Å²) in [6.07, 6.45) is 2.76. The topological polar surface area (TPSA) is 44.8 Å². The standard InChI is InChI=1S/C25H38O4/c1-9-20-10-12-21(13-11-20)16-27-17-22(18-28-23(26)19(2)3)25(7,8)29-15-14-24(4,5)6/h9-13,22H,1-2,14-18H2,3-8H3. The van der Waals surface area contributed by atoms with Crippen LogP contribution in [0.1, 0.15) is 59.1 Å². The molecule has 0 saturated carbocycles. The van der Waals surface area contributed by atoms with Crippen LogP contribution in [0.2, 0.25) is 0 Å². The van der Waals surface area contributed by atoms with Gasteiger partial charge in [-0.1, -0.05) is 64.3 Å². The van der Waals surface area contributed by atoms with Gasteiger partial charge in [0.15, 0.2) is 0 Å². The summed E-state index contributed by atoms with van der Waals surface area (Å²) < 4.78 is 17.6. The summed E-state index contributed by atoms with van der Waals surface area (Å²) in [7, 11) is 0. The molecule has 0 N–H and O–H groups in total. The van der Waals surface area contributed by atoms with E-state index in [4.69, 9.17) is 14.2 Å². The Morgan fingerprint density at radius 3 is 2.24 bits per heavy atom. The van der Waals surface area contributed by atoms with Gasteiger partial charge in [-0.3, -0.25) is 0 Å². The molecule has 0 aliphatic carbocycles. The van der Waals surface area contributed by atoms with Crippen LogP contribution in [0.25, 0.3) is 6.08 Å². The number of benzene rings is 1. The minimum atomic E-state index is -0.493. The van der Waals surface area contributed by atoms with E-state index in [0.717, 1.165) is 17.5 Å². The minimum Gasteiger partial charge on any atom is -0.462 e. The van der Waals surface area contributed by atoms with Crippen LogP contribution in [-0.2, 0) is 25.6 Å². The van der Waals surface area contributed by atoms with Crippen molar-refractivity contribution in [3.63, 3.8) is 0 Å². The number of carbonyl (C=O) groups excluding carboxylic acids is 1. The van der Waals surface area contributed by atoms with Crippen LogP contribution < -0.4 is 0 Å². The van der Waals surface area contributed by atoms with Crippen molar-refractivity contribution in [2.75, 3.05) is 19.8 Å². The zero-order valence-electron chi connectivity index (χ0n) is 19.0. The van der Waals surface area contributed by atoms with Crippen LogP contribution in [0.4, 0.5) is 0 Å². The lowest BCUT2D eigenvalue weighted by molar-refractivity contribution is -0.149. The molecule has 0 fully saturated rings. The van der Waals surface area contributed by atoms with Crippen LogP contribution in [0.15, 0.2) is 43.0 Å². The molecule has 4 nitrogen and oxygen atoms in total.